The summed E-state index contributed by atoms with van der Waals surface area (Å²) in [6, 6.07) is 6.79. The molecule has 0 heterocycles. The van der Waals surface area contributed by atoms with Crippen LogP contribution in [0.25, 0.3) is 0 Å². The zero-order chi connectivity index (χ0) is 12.8. The third-order valence-electron chi connectivity index (χ3n) is 2.76. The van der Waals surface area contributed by atoms with Gasteiger partial charge < -0.3 is 10.0 Å². The number of carboxylic acids is 1. The number of amides is 1. The second-order valence-corrected chi connectivity index (χ2v) is 3.87. The molecular weight excluding hydrogens is 218 g/mol. The Hall–Kier alpha value is -1.84. The predicted octanol–water partition coefficient (Wildman–Crippen LogP) is 1.80. The number of carbonyl (C=O) groups is 2. The first kappa shape index (κ1) is 13.2. The Kier molecular flexibility index (Phi) is 4.69. The first-order chi connectivity index (χ1) is 8.06. The van der Waals surface area contributed by atoms with Crippen molar-refractivity contribution in [3.05, 3.63) is 35.4 Å². The second kappa shape index (κ2) is 6.03. The molecule has 1 rings (SSSR count). The normalized spacial score (nSPS) is 10.0. The van der Waals surface area contributed by atoms with Crippen molar-refractivity contribution in [2.45, 2.75) is 19.8 Å². The van der Waals surface area contributed by atoms with Crippen LogP contribution in [0, 0.1) is 0 Å². The largest absolute Gasteiger partial charge is 0.478 e. The highest BCUT2D eigenvalue weighted by atomic mass is 16.4. The second-order valence-electron chi connectivity index (χ2n) is 3.87. The number of rotatable bonds is 5. The van der Waals surface area contributed by atoms with Gasteiger partial charge in [-0.2, -0.15) is 0 Å². The molecule has 0 radical (unpaired) electrons. The van der Waals surface area contributed by atoms with E-state index in [9.17, 15) is 9.59 Å². The van der Waals surface area contributed by atoms with Crippen LogP contribution in [-0.2, 0) is 11.2 Å². The van der Waals surface area contributed by atoms with Crippen LogP contribution in [0.4, 0.5) is 0 Å². The molecule has 0 saturated heterocycles. The molecule has 0 aliphatic carbocycles. The molecule has 17 heavy (non-hydrogen) atoms. The summed E-state index contributed by atoms with van der Waals surface area (Å²) in [6.07, 6.45) is 0.806. The molecule has 0 spiro atoms. The Morgan fingerprint density at radius 3 is 2.53 bits per heavy atom. The fourth-order valence-electron chi connectivity index (χ4n) is 1.56. The van der Waals surface area contributed by atoms with E-state index < -0.39 is 5.97 Å². The van der Waals surface area contributed by atoms with E-state index in [0.717, 1.165) is 0 Å². The SMILES string of the molecule is CCN(C)C(=O)CCc1ccccc1C(=O)O. The van der Waals surface area contributed by atoms with E-state index >= 15 is 0 Å². The van der Waals surface area contributed by atoms with Crippen molar-refractivity contribution in [3.63, 3.8) is 0 Å². The summed E-state index contributed by atoms with van der Waals surface area (Å²) < 4.78 is 0. The van der Waals surface area contributed by atoms with E-state index in [1.54, 1.807) is 36.2 Å². The van der Waals surface area contributed by atoms with Gasteiger partial charge in [-0.15, -0.1) is 0 Å². The standard InChI is InChI=1S/C13H17NO3/c1-3-14(2)12(15)9-8-10-6-4-5-7-11(10)13(16)17/h4-7H,3,8-9H2,1-2H3,(H,16,17). The first-order valence-electron chi connectivity index (χ1n) is 5.61. The van der Waals surface area contributed by atoms with Crippen LogP contribution in [0.1, 0.15) is 29.3 Å². The lowest BCUT2D eigenvalue weighted by Gasteiger charge is -2.14. The van der Waals surface area contributed by atoms with Gasteiger partial charge >= 0.3 is 5.97 Å². The van der Waals surface area contributed by atoms with Crippen molar-refractivity contribution in [3.8, 4) is 0 Å². The molecule has 1 amide bonds. The minimum atomic E-state index is -0.947. The Morgan fingerprint density at radius 2 is 1.94 bits per heavy atom. The van der Waals surface area contributed by atoms with Gasteiger partial charge in [0.25, 0.3) is 0 Å². The summed E-state index contributed by atoms with van der Waals surface area (Å²) in [5.41, 5.74) is 0.984. The van der Waals surface area contributed by atoms with Gasteiger partial charge in [-0.3, -0.25) is 4.79 Å². The predicted molar refractivity (Wildman–Crippen MR) is 65.0 cm³/mol. The number of hydrogen-bond acceptors (Lipinski definition) is 2. The van der Waals surface area contributed by atoms with Crippen molar-refractivity contribution in [1.82, 2.24) is 4.90 Å². The van der Waals surface area contributed by atoms with E-state index in [0.29, 0.717) is 24.9 Å². The summed E-state index contributed by atoms with van der Waals surface area (Å²) in [4.78, 5) is 24.2. The van der Waals surface area contributed by atoms with Gasteiger partial charge in [-0.05, 0) is 25.0 Å². The smallest absolute Gasteiger partial charge is 0.335 e. The van der Waals surface area contributed by atoms with E-state index in [1.165, 1.54) is 0 Å². The minimum absolute atomic E-state index is 0.0349. The van der Waals surface area contributed by atoms with Crippen LogP contribution >= 0.6 is 0 Å². The summed E-state index contributed by atoms with van der Waals surface area (Å²) in [5.74, 6) is -0.912. The lowest BCUT2D eigenvalue weighted by atomic mass is 10.0. The van der Waals surface area contributed by atoms with Crippen molar-refractivity contribution in [1.29, 1.82) is 0 Å². The number of carboxylic acid groups (broad SMARTS) is 1. The molecule has 1 aromatic rings. The Morgan fingerprint density at radius 1 is 1.29 bits per heavy atom. The number of nitrogens with zero attached hydrogens (tertiary/aromatic N) is 1. The zero-order valence-electron chi connectivity index (χ0n) is 10.1. The van der Waals surface area contributed by atoms with Gasteiger partial charge in [0, 0.05) is 20.0 Å². The topological polar surface area (TPSA) is 57.6 Å². The Labute approximate surface area is 101 Å². The number of benzene rings is 1. The van der Waals surface area contributed by atoms with Crippen LogP contribution < -0.4 is 0 Å². The summed E-state index contributed by atoms with van der Waals surface area (Å²) >= 11 is 0. The number of hydrogen-bond donors (Lipinski definition) is 1. The van der Waals surface area contributed by atoms with Gasteiger partial charge in [0.1, 0.15) is 0 Å². The molecule has 0 aliphatic rings. The average molecular weight is 235 g/mol. The van der Waals surface area contributed by atoms with Crippen LogP contribution in [0.2, 0.25) is 0 Å². The maximum Gasteiger partial charge on any atom is 0.335 e. The molecule has 0 saturated carbocycles. The van der Waals surface area contributed by atoms with Gasteiger partial charge in [0.15, 0.2) is 0 Å². The number of aryl methyl sites for hydroxylation is 1. The van der Waals surface area contributed by atoms with E-state index in [4.69, 9.17) is 5.11 Å². The molecular formula is C13H17NO3. The minimum Gasteiger partial charge on any atom is -0.478 e. The summed E-state index contributed by atoms with van der Waals surface area (Å²) in [6.45, 7) is 2.57. The fourth-order valence-corrected chi connectivity index (χ4v) is 1.56. The van der Waals surface area contributed by atoms with Crippen molar-refractivity contribution < 1.29 is 14.7 Å². The highest BCUT2D eigenvalue weighted by Crippen LogP contribution is 2.11. The molecule has 92 valence electrons. The molecule has 0 atom stereocenters. The lowest BCUT2D eigenvalue weighted by Crippen LogP contribution is -2.26. The Bertz CT molecular complexity index is 415. The molecule has 1 N–H and O–H groups in total. The first-order valence-corrected chi connectivity index (χ1v) is 5.61. The molecule has 4 heteroatoms. The van der Waals surface area contributed by atoms with Crippen LogP contribution in [0.15, 0.2) is 24.3 Å². The lowest BCUT2D eigenvalue weighted by molar-refractivity contribution is -0.129. The average Bonchev–Trinajstić information content (AvgIpc) is 2.35. The molecule has 0 aromatic heterocycles. The highest BCUT2D eigenvalue weighted by molar-refractivity contribution is 5.89. The number of aromatic carboxylic acids is 1. The van der Waals surface area contributed by atoms with E-state index in [1.807, 2.05) is 6.92 Å². The molecule has 0 unspecified atom stereocenters. The van der Waals surface area contributed by atoms with Gasteiger partial charge in [-0.1, -0.05) is 18.2 Å². The third kappa shape index (κ3) is 3.59. The molecule has 4 nitrogen and oxygen atoms in total. The van der Waals surface area contributed by atoms with Gasteiger partial charge in [0.2, 0.25) is 5.91 Å². The molecule has 1 aromatic carbocycles. The third-order valence-corrected chi connectivity index (χ3v) is 2.76. The monoisotopic (exact) mass is 235 g/mol. The highest BCUT2D eigenvalue weighted by Gasteiger charge is 2.11. The zero-order valence-corrected chi connectivity index (χ0v) is 10.1. The molecule has 0 bridgehead atoms. The van der Waals surface area contributed by atoms with Gasteiger partial charge in [0.05, 0.1) is 5.56 Å². The molecule has 0 aliphatic heterocycles. The Balaban J connectivity index is 2.69. The molecule has 0 fully saturated rings. The van der Waals surface area contributed by atoms with Crippen LogP contribution in [0.5, 0.6) is 0 Å². The van der Waals surface area contributed by atoms with Crippen molar-refractivity contribution in [2.75, 3.05) is 13.6 Å². The maximum absolute atomic E-state index is 11.6. The maximum atomic E-state index is 11.6. The fraction of sp³-hybridized carbons (Fsp3) is 0.385. The summed E-state index contributed by atoms with van der Waals surface area (Å²) in [5, 5.41) is 8.99. The van der Waals surface area contributed by atoms with Crippen LogP contribution in [0.3, 0.4) is 0 Å². The van der Waals surface area contributed by atoms with Gasteiger partial charge in [-0.25, -0.2) is 4.79 Å². The van der Waals surface area contributed by atoms with Crippen molar-refractivity contribution >= 4 is 11.9 Å². The summed E-state index contributed by atoms with van der Waals surface area (Å²) in [7, 11) is 1.74. The quantitative estimate of drug-likeness (QED) is 0.846. The van der Waals surface area contributed by atoms with Crippen LogP contribution in [-0.4, -0.2) is 35.5 Å². The van der Waals surface area contributed by atoms with E-state index in [2.05, 4.69) is 0 Å². The van der Waals surface area contributed by atoms with E-state index in [-0.39, 0.29) is 11.5 Å². The van der Waals surface area contributed by atoms with Crippen molar-refractivity contribution in [2.24, 2.45) is 0 Å². The number of carbonyl (C=O) groups excluding carboxylic acids is 1.